The number of hydrogen-bond donors (Lipinski definition) is 1. The average molecular weight is 384 g/mol. The number of carbonyl (C=O) groups is 1. The number of nitrogens with one attached hydrogen (secondary N) is 1. The fourth-order valence-corrected chi connectivity index (χ4v) is 3.60. The average Bonchev–Trinajstić information content (AvgIpc) is 2.63. The van der Waals surface area contributed by atoms with Crippen LogP contribution in [0, 0.1) is 0 Å². The maximum atomic E-state index is 12.1. The third-order valence-corrected chi connectivity index (χ3v) is 6.11. The number of amides is 1. The van der Waals surface area contributed by atoms with Crippen LogP contribution in [0.25, 0.3) is 0 Å². The number of rotatable bonds is 19. The molecular weight excluding hydrogens is 332 g/mol. The van der Waals surface area contributed by atoms with Gasteiger partial charge >= 0.3 is 0 Å². The van der Waals surface area contributed by atoms with Crippen molar-refractivity contribution < 1.29 is 9.39 Å². The van der Waals surface area contributed by atoms with Crippen molar-refractivity contribution in [3.63, 3.8) is 0 Å². The van der Waals surface area contributed by atoms with Gasteiger partial charge in [-0.15, -0.1) is 0 Å². The molecule has 0 aromatic heterocycles. The summed E-state index contributed by atoms with van der Waals surface area (Å²) in [6.45, 7) is 6.64. The molecule has 0 bridgehead atoms. The van der Waals surface area contributed by atoms with E-state index in [0.717, 1.165) is 12.8 Å². The molecule has 0 radical (unpaired) electrons. The summed E-state index contributed by atoms with van der Waals surface area (Å²) in [7, 11) is 4.16. The molecule has 1 atom stereocenters. The first-order valence-corrected chi connectivity index (χ1v) is 12.1. The highest BCUT2D eigenvalue weighted by atomic mass is 16.2. The summed E-state index contributed by atoms with van der Waals surface area (Å²) >= 11 is 0. The summed E-state index contributed by atoms with van der Waals surface area (Å²) in [5, 5.41) is 0. The van der Waals surface area contributed by atoms with Crippen LogP contribution in [-0.2, 0) is 4.79 Å². The van der Waals surface area contributed by atoms with Crippen molar-refractivity contribution in [2.24, 2.45) is 0 Å². The molecule has 0 aliphatic heterocycles. The second-order valence-electron chi connectivity index (χ2n) is 9.03. The predicted molar refractivity (Wildman–Crippen MR) is 120 cm³/mol. The van der Waals surface area contributed by atoms with Crippen molar-refractivity contribution >= 4 is 5.91 Å². The van der Waals surface area contributed by atoms with E-state index < -0.39 is 0 Å². The number of hydrogen-bond acceptors (Lipinski definition) is 1. The molecule has 0 rings (SSSR count). The first-order chi connectivity index (χ1) is 12.9. The molecule has 27 heavy (non-hydrogen) atoms. The Bertz CT molecular complexity index is 341. The highest BCUT2D eigenvalue weighted by Crippen LogP contribution is 2.14. The minimum atomic E-state index is 0.204. The number of unbranched alkanes of at least 4 members (excludes halogenated alkanes) is 14. The van der Waals surface area contributed by atoms with Gasteiger partial charge in [-0.3, -0.25) is 4.79 Å². The van der Waals surface area contributed by atoms with Crippen LogP contribution in [0.15, 0.2) is 0 Å². The van der Waals surface area contributed by atoms with E-state index in [-0.39, 0.29) is 5.91 Å². The molecule has 1 N–H and O–H groups in total. The van der Waals surface area contributed by atoms with E-state index in [1.165, 1.54) is 89.9 Å². The molecule has 0 saturated carbocycles. The standard InChI is InChI=1S/C24H50N2O/c1-6-8-9-10-11-12-13-14-15-16-17-18-19-20-21-22-24(27)25-26(4,5)23(3)7-2/h23H,6-22H2,1-5H3/p+1. The fraction of sp³-hybridized carbons (Fsp3) is 0.958. The highest BCUT2D eigenvalue weighted by molar-refractivity contribution is 5.74. The largest absolute Gasteiger partial charge is 0.270 e. The van der Waals surface area contributed by atoms with Crippen molar-refractivity contribution in [1.82, 2.24) is 5.43 Å². The molecule has 0 aromatic rings. The lowest BCUT2D eigenvalue weighted by atomic mass is 10.0. The van der Waals surface area contributed by atoms with Crippen LogP contribution in [0.2, 0.25) is 0 Å². The Kier molecular flexibility index (Phi) is 17.2. The van der Waals surface area contributed by atoms with Gasteiger partial charge in [-0.1, -0.05) is 104 Å². The lowest BCUT2D eigenvalue weighted by Crippen LogP contribution is -2.59. The summed E-state index contributed by atoms with van der Waals surface area (Å²) in [6.07, 6.45) is 22.2. The predicted octanol–water partition coefficient (Wildman–Crippen LogP) is 7.15. The molecule has 0 aromatic carbocycles. The summed E-state index contributed by atoms with van der Waals surface area (Å²) in [5.41, 5.74) is 3.16. The summed E-state index contributed by atoms with van der Waals surface area (Å²) in [5.74, 6) is 0.204. The normalized spacial score (nSPS) is 12.9. The Morgan fingerprint density at radius 2 is 1.07 bits per heavy atom. The van der Waals surface area contributed by atoms with Gasteiger partial charge in [-0.2, -0.15) is 0 Å². The van der Waals surface area contributed by atoms with Gasteiger partial charge in [0.1, 0.15) is 6.04 Å². The molecule has 0 spiro atoms. The molecule has 0 aliphatic rings. The van der Waals surface area contributed by atoms with Crippen LogP contribution < -0.4 is 5.43 Å². The molecule has 0 heterocycles. The van der Waals surface area contributed by atoms with Crippen molar-refractivity contribution in [2.75, 3.05) is 14.1 Å². The second-order valence-corrected chi connectivity index (χ2v) is 9.03. The van der Waals surface area contributed by atoms with E-state index in [4.69, 9.17) is 0 Å². The third-order valence-electron chi connectivity index (χ3n) is 6.11. The molecule has 3 heteroatoms. The Morgan fingerprint density at radius 3 is 1.44 bits per heavy atom. The molecule has 0 aliphatic carbocycles. The molecule has 3 nitrogen and oxygen atoms in total. The molecule has 162 valence electrons. The van der Waals surface area contributed by atoms with Gasteiger partial charge in [0.05, 0.1) is 14.1 Å². The summed E-state index contributed by atoms with van der Waals surface area (Å²) in [6, 6.07) is 0.454. The Hall–Kier alpha value is -0.570. The molecule has 0 fully saturated rings. The Morgan fingerprint density at radius 1 is 0.704 bits per heavy atom. The quantitative estimate of drug-likeness (QED) is 0.143. The first kappa shape index (κ1) is 26.4. The van der Waals surface area contributed by atoms with Gasteiger partial charge in [-0.25, -0.2) is 10.0 Å². The topological polar surface area (TPSA) is 29.1 Å². The van der Waals surface area contributed by atoms with Crippen molar-refractivity contribution in [3.05, 3.63) is 0 Å². The van der Waals surface area contributed by atoms with Crippen LogP contribution in [0.4, 0.5) is 0 Å². The van der Waals surface area contributed by atoms with Gasteiger partial charge < -0.3 is 0 Å². The van der Waals surface area contributed by atoms with Gasteiger partial charge in [0.2, 0.25) is 0 Å². The van der Waals surface area contributed by atoms with Crippen LogP contribution in [0.3, 0.4) is 0 Å². The van der Waals surface area contributed by atoms with E-state index in [0.29, 0.717) is 17.1 Å². The molecular formula is C24H51N2O+. The van der Waals surface area contributed by atoms with Crippen molar-refractivity contribution in [3.8, 4) is 0 Å². The molecule has 1 unspecified atom stereocenters. The maximum Gasteiger partial charge on any atom is 0.264 e. The van der Waals surface area contributed by atoms with E-state index in [9.17, 15) is 4.79 Å². The second kappa shape index (κ2) is 17.5. The van der Waals surface area contributed by atoms with Gasteiger partial charge in [0.25, 0.3) is 5.91 Å². The number of nitrogens with zero attached hydrogens (tertiary/aromatic N) is 1. The summed E-state index contributed by atoms with van der Waals surface area (Å²) < 4.78 is 0.591. The highest BCUT2D eigenvalue weighted by Gasteiger charge is 2.24. The third kappa shape index (κ3) is 16.1. The van der Waals surface area contributed by atoms with E-state index in [2.05, 4.69) is 40.3 Å². The zero-order chi connectivity index (χ0) is 20.4. The smallest absolute Gasteiger partial charge is 0.264 e. The Balaban J connectivity index is 3.34. The van der Waals surface area contributed by atoms with Crippen molar-refractivity contribution in [1.29, 1.82) is 0 Å². The molecule has 1 amide bonds. The summed E-state index contributed by atoms with van der Waals surface area (Å²) in [4.78, 5) is 12.1. The minimum Gasteiger partial charge on any atom is -0.270 e. The Labute approximate surface area is 171 Å². The number of quaternary nitrogens is 1. The zero-order valence-corrected chi connectivity index (χ0v) is 19.5. The van der Waals surface area contributed by atoms with Crippen LogP contribution >= 0.6 is 0 Å². The monoisotopic (exact) mass is 383 g/mol. The lowest BCUT2D eigenvalue weighted by molar-refractivity contribution is -0.947. The maximum absolute atomic E-state index is 12.1. The van der Waals surface area contributed by atoms with Crippen LogP contribution in [0.1, 0.15) is 130 Å². The van der Waals surface area contributed by atoms with Gasteiger partial charge in [0, 0.05) is 6.42 Å². The van der Waals surface area contributed by atoms with Gasteiger partial charge in [0.15, 0.2) is 0 Å². The van der Waals surface area contributed by atoms with E-state index >= 15 is 0 Å². The van der Waals surface area contributed by atoms with Crippen LogP contribution in [-0.4, -0.2) is 30.6 Å². The lowest BCUT2D eigenvalue weighted by Gasteiger charge is -2.34. The van der Waals surface area contributed by atoms with E-state index in [1.807, 2.05) is 0 Å². The van der Waals surface area contributed by atoms with Crippen LogP contribution in [0.5, 0.6) is 0 Å². The van der Waals surface area contributed by atoms with Crippen molar-refractivity contribution in [2.45, 2.75) is 136 Å². The molecule has 0 saturated heterocycles. The first-order valence-electron chi connectivity index (χ1n) is 12.1. The van der Waals surface area contributed by atoms with Gasteiger partial charge in [-0.05, 0) is 19.8 Å². The number of carbonyl (C=O) groups excluding carboxylic acids is 1. The van der Waals surface area contributed by atoms with E-state index in [1.54, 1.807) is 0 Å². The SMILES string of the molecule is CCCCCCCCCCCCCCCCCC(=O)N[N+](C)(C)C(C)CC. The minimum absolute atomic E-state index is 0.204. The zero-order valence-electron chi connectivity index (χ0n) is 19.5. The fourth-order valence-electron chi connectivity index (χ4n) is 3.60.